The summed E-state index contributed by atoms with van der Waals surface area (Å²) < 4.78 is 5.89. The van der Waals surface area contributed by atoms with E-state index in [2.05, 4.69) is 31.3 Å². The summed E-state index contributed by atoms with van der Waals surface area (Å²) in [6.07, 6.45) is 0.951. The molecule has 3 rings (SSSR count). The van der Waals surface area contributed by atoms with Crippen molar-refractivity contribution < 1.29 is 9.53 Å². The Balaban J connectivity index is 1.67. The first-order valence-corrected chi connectivity index (χ1v) is 8.20. The smallest absolute Gasteiger partial charge is 0.255 e. The van der Waals surface area contributed by atoms with E-state index >= 15 is 0 Å². The van der Waals surface area contributed by atoms with E-state index < -0.39 is 0 Å². The summed E-state index contributed by atoms with van der Waals surface area (Å²) in [7, 11) is 0. The second-order valence-electron chi connectivity index (χ2n) is 6.27. The van der Waals surface area contributed by atoms with Gasteiger partial charge in [-0.2, -0.15) is 0 Å². The van der Waals surface area contributed by atoms with Gasteiger partial charge in [0.25, 0.3) is 5.91 Å². The van der Waals surface area contributed by atoms with Gasteiger partial charge < -0.3 is 10.1 Å². The molecule has 2 aromatic carbocycles. The van der Waals surface area contributed by atoms with Crippen LogP contribution in [0.4, 0.5) is 0 Å². The number of benzene rings is 2. The zero-order chi connectivity index (χ0) is 16.4. The van der Waals surface area contributed by atoms with Crippen LogP contribution >= 0.6 is 0 Å². The molecular formula is C20H23NO2. The van der Waals surface area contributed by atoms with Gasteiger partial charge in [-0.1, -0.05) is 43.3 Å². The van der Waals surface area contributed by atoms with Crippen molar-refractivity contribution >= 4 is 5.91 Å². The van der Waals surface area contributed by atoms with Gasteiger partial charge in [0.2, 0.25) is 0 Å². The van der Waals surface area contributed by atoms with E-state index in [1.807, 2.05) is 37.3 Å². The van der Waals surface area contributed by atoms with Crippen LogP contribution in [0, 0.1) is 6.92 Å². The summed E-state index contributed by atoms with van der Waals surface area (Å²) in [6.45, 7) is 6.90. The van der Waals surface area contributed by atoms with Crippen LogP contribution in [-0.2, 0) is 6.42 Å². The monoisotopic (exact) mass is 309 g/mol. The van der Waals surface area contributed by atoms with E-state index in [9.17, 15) is 4.79 Å². The van der Waals surface area contributed by atoms with Crippen molar-refractivity contribution in [3.05, 3.63) is 64.7 Å². The molecule has 0 aliphatic carbocycles. The van der Waals surface area contributed by atoms with E-state index in [1.165, 1.54) is 11.1 Å². The summed E-state index contributed by atoms with van der Waals surface area (Å²) in [5.74, 6) is 1.02. The van der Waals surface area contributed by atoms with Gasteiger partial charge in [0, 0.05) is 18.0 Å². The Hall–Kier alpha value is -2.29. The molecular weight excluding hydrogens is 286 g/mol. The molecule has 3 heteroatoms. The SMILES string of the molecule is Cc1ccccc1CCNC(=O)c1cccc2c1OC(C)C2C. The van der Waals surface area contributed by atoms with Crippen molar-refractivity contribution in [1.82, 2.24) is 5.32 Å². The molecule has 2 unspecified atom stereocenters. The second-order valence-corrected chi connectivity index (χ2v) is 6.27. The standard InChI is InChI=1S/C20H23NO2/c1-13-7-4-5-8-16(13)11-12-21-20(22)18-10-6-9-17-14(2)15(3)23-19(17)18/h4-10,14-15H,11-12H2,1-3H3,(H,21,22). The lowest BCUT2D eigenvalue weighted by molar-refractivity contribution is 0.0949. The molecule has 0 aromatic heterocycles. The Morgan fingerprint density at radius 1 is 1.13 bits per heavy atom. The number of hydrogen-bond donors (Lipinski definition) is 1. The first kappa shape index (κ1) is 15.6. The minimum absolute atomic E-state index is 0.0586. The number of carbonyl (C=O) groups is 1. The van der Waals surface area contributed by atoms with Crippen LogP contribution < -0.4 is 10.1 Å². The van der Waals surface area contributed by atoms with E-state index in [0.717, 1.165) is 17.7 Å². The van der Waals surface area contributed by atoms with E-state index in [1.54, 1.807) is 0 Å². The van der Waals surface area contributed by atoms with Crippen LogP contribution in [0.5, 0.6) is 5.75 Å². The fourth-order valence-electron chi connectivity index (χ4n) is 3.06. The highest BCUT2D eigenvalue weighted by Gasteiger charge is 2.30. The number of aryl methyl sites for hydroxylation is 1. The number of nitrogens with one attached hydrogen (secondary N) is 1. The molecule has 1 N–H and O–H groups in total. The lowest BCUT2D eigenvalue weighted by atomic mass is 9.97. The van der Waals surface area contributed by atoms with Crippen LogP contribution in [0.3, 0.4) is 0 Å². The molecule has 2 atom stereocenters. The Morgan fingerprint density at radius 2 is 1.91 bits per heavy atom. The average molecular weight is 309 g/mol. The Labute approximate surface area is 137 Å². The Bertz CT molecular complexity index is 723. The molecule has 0 bridgehead atoms. The van der Waals surface area contributed by atoms with Crippen molar-refractivity contribution in [2.75, 3.05) is 6.54 Å². The lowest BCUT2D eigenvalue weighted by Gasteiger charge is -2.11. The maximum Gasteiger partial charge on any atom is 0.255 e. The van der Waals surface area contributed by atoms with Gasteiger partial charge in [-0.25, -0.2) is 0 Å². The maximum atomic E-state index is 12.5. The first-order valence-electron chi connectivity index (χ1n) is 8.20. The van der Waals surface area contributed by atoms with Crippen LogP contribution in [0.25, 0.3) is 0 Å². The number of carbonyl (C=O) groups excluding carboxylic acids is 1. The van der Waals surface area contributed by atoms with E-state index in [0.29, 0.717) is 18.0 Å². The lowest BCUT2D eigenvalue weighted by Crippen LogP contribution is -2.26. The largest absolute Gasteiger partial charge is 0.489 e. The summed E-state index contributed by atoms with van der Waals surface area (Å²) in [5, 5.41) is 3.02. The number of para-hydroxylation sites is 1. The number of fused-ring (bicyclic) bond motifs is 1. The molecule has 1 amide bonds. The quantitative estimate of drug-likeness (QED) is 0.931. The van der Waals surface area contributed by atoms with Crippen molar-refractivity contribution in [1.29, 1.82) is 0 Å². The summed E-state index contributed by atoms with van der Waals surface area (Å²) in [6, 6.07) is 14.1. The molecule has 0 fully saturated rings. The van der Waals surface area contributed by atoms with Crippen LogP contribution in [0.1, 0.15) is 46.8 Å². The fourth-order valence-corrected chi connectivity index (χ4v) is 3.06. The number of amides is 1. The van der Waals surface area contributed by atoms with Gasteiger partial charge in [-0.15, -0.1) is 0 Å². The third kappa shape index (κ3) is 3.09. The maximum absolute atomic E-state index is 12.5. The molecule has 120 valence electrons. The number of ether oxygens (including phenoxy) is 1. The van der Waals surface area contributed by atoms with E-state index in [-0.39, 0.29) is 12.0 Å². The minimum atomic E-state index is -0.0586. The van der Waals surface area contributed by atoms with Crippen LogP contribution in [0.15, 0.2) is 42.5 Å². The van der Waals surface area contributed by atoms with Gasteiger partial charge in [0.1, 0.15) is 11.9 Å². The average Bonchev–Trinajstić information content (AvgIpc) is 2.84. The summed E-state index contributed by atoms with van der Waals surface area (Å²) >= 11 is 0. The van der Waals surface area contributed by atoms with Gasteiger partial charge in [-0.05, 0) is 37.5 Å². The second kappa shape index (κ2) is 6.45. The molecule has 1 aliphatic heterocycles. The molecule has 0 saturated carbocycles. The Kier molecular flexibility index (Phi) is 4.37. The first-order chi connectivity index (χ1) is 11.1. The molecule has 0 spiro atoms. The molecule has 0 radical (unpaired) electrons. The van der Waals surface area contributed by atoms with Crippen molar-refractivity contribution in [2.24, 2.45) is 0 Å². The number of rotatable bonds is 4. The third-order valence-electron chi connectivity index (χ3n) is 4.73. The fraction of sp³-hybridized carbons (Fsp3) is 0.350. The molecule has 2 aromatic rings. The zero-order valence-corrected chi connectivity index (χ0v) is 13.9. The third-order valence-corrected chi connectivity index (χ3v) is 4.73. The van der Waals surface area contributed by atoms with E-state index in [4.69, 9.17) is 4.74 Å². The van der Waals surface area contributed by atoms with Crippen LogP contribution in [0.2, 0.25) is 0 Å². The summed E-state index contributed by atoms with van der Waals surface area (Å²) in [5.41, 5.74) is 4.30. The van der Waals surface area contributed by atoms with Gasteiger partial charge in [0.05, 0.1) is 5.56 Å². The summed E-state index contributed by atoms with van der Waals surface area (Å²) in [4.78, 5) is 12.5. The zero-order valence-electron chi connectivity index (χ0n) is 13.9. The topological polar surface area (TPSA) is 38.3 Å². The highest BCUT2D eigenvalue weighted by Crippen LogP contribution is 2.40. The predicted molar refractivity (Wildman–Crippen MR) is 92.2 cm³/mol. The molecule has 1 aliphatic rings. The van der Waals surface area contributed by atoms with Crippen LogP contribution in [-0.4, -0.2) is 18.6 Å². The molecule has 0 saturated heterocycles. The van der Waals surface area contributed by atoms with Crippen molar-refractivity contribution in [3.63, 3.8) is 0 Å². The van der Waals surface area contributed by atoms with Gasteiger partial charge >= 0.3 is 0 Å². The normalized spacial score (nSPS) is 19.1. The number of hydrogen-bond acceptors (Lipinski definition) is 2. The highest BCUT2D eigenvalue weighted by atomic mass is 16.5. The minimum Gasteiger partial charge on any atom is -0.489 e. The predicted octanol–water partition coefficient (Wildman–Crippen LogP) is 3.85. The van der Waals surface area contributed by atoms with Crippen molar-refractivity contribution in [3.8, 4) is 5.75 Å². The molecule has 23 heavy (non-hydrogen) atoms. The van der Waals surface area contributed by atoms with Gasteiger partial charge in [-0.3, -0.25) is 4.79 Å². The van der Waals surface area contributed by atoms with Crippen molar-refractivity contribution in [2.45, 2.75) is 39.2 Å². The van der Waals surface area contributed by atoms with Gasteiger partial charge in [0.15, 0.2) is 0 Å². The molecule has 1 heterocycles. The Morgan fingerprint density at radius 3 is 2.70 bits per heavy atom. The highest BCUT2D eigenvalue weighted by molar-refractivity contribution is 5.97. The molecule has 3 nitrogen and oxygen atoms in total.